The molecule has 1 aromatic heterocycles. The van der Waals surface area contributed by atoms with E-state index in [1.807, 2.05) is 62.5 Å². The van der Waals surface area contributed by atoms with Crippen molar-refractivity contribution in [2.24, 2.45) is 5.92 Å². The molecule has 0 spiro atoms. The summed E-state index contributed by atoms with van der Waals surface area (Å²) in [5.74, 6) is -0.293. The van der Waals surface area contributed by atoms with E-state index in [1.165, 1.54) is 28.6 Å². The number of benzene rings is 2. The van der Waals surface area contributed by atoms with E-state index in [0.29, 0.717) is 13.1 Å². The van der Waals surface area contributed by atoms with Gasteiger partial charge in [-0.25, -0.2) is 12.8 Å². The maximum atomic E-state index is 13.2. The fourth-order valence-electron chi connectivity index (χ4n) is 3.12. The van der Waals surface area contributed by atoms with Gasteiger partial charge in [0.25, 0.3) is 0 Å². The molecular weight excluding hydrogens is 375 g/mol. The Bertz CT molecular complexity index is 997. The number of aromatic nitrogens is 1. The Kier molecular flexibility index (Phi) is 6.31. The van der Waals surface area contributed by atoms with Crippen molar-refractivity contribution < 1.29 is 12.8 Å². The third-order valence-electron chi connectivity index (χ3n) is 4.48. The Balaban J connectivity index is 1.88. The van der Waals surface area contributed by atoms with Crippen molar-refractivity contribution in [1.82, 2.24) is 8.87 Å². The second-order valence-electron chi connectivity index (χ2n) is 7.26. The molecule has 6 heteroatoms. The lowest BCUT2D eigenvalue weighted by atomic mass is 10.2. The van der Waals surface area contributed by atoms with E-state index in [2.05, 4.69) is 4.57 Å². The van der Waals surface area contributed by atoms with E-state index >= 15 is 0 Å². The Morgan fingerprint density at radius 3 is 2.29 bits per heavy atom. The Labute approximate surface area is 166 Å². The number of rotatable bonds is 8. The number of hydrogen-bond acceptors (Lipinski definition) is 2. The minimum atomic E-state index is -3.73. The Morgan fingerprint density at radius 1 is 0.964 bits per heavy atom. The Morgan fingerprint density at radius 2 is 1.64 bits per heavy atom. The summed E-state index contributed by atoms with van der Waals surface area (Å²) in [4.78, 5) is 0.107. The summed E-state index contributed by atoms with van der Waals surface area (Å²) in [7, 11) is -3.73. The molecule has 2 aromatic carbocycles. The third-order valence-corrected chi connectivity index (χ3v) is 6.30. The van der Waals surface area contributed by atoms with Gasteiger partial charge in [0.15, 0.2) is 0 Å². The summed E-state index contributed by atoms with van der Waals surface area (Å²) in [6.45, 7) is 5.29. The quantitative estimate of drug-likeness (QED) is 0.558. The number of sulfonamides is 1. The molecule has 0 atom stereocenters. The van der Waals surface area contributed by atoms with Crippen LogP contribution in [0.1, 0.15) is 25.1 Å². The van der Waals surface area contributed by atoms with Crippen LogP contribution in [0.25, 0.3) is 0 Å². The normalized spacial score (nSPS) is 12.0. The maximum absolute atomic E-state index is 13.2. The molecule has 0 aliphatic rings. The fourth-order valence-corrected chi connectivity index (χ4v) is 4.69. The lowest BCUT2D eigenvalue weighted by molar-refractivity contribution is 0.354. The molecule has 1 heterocycles. The molecule has 3 aromatic rings. The van der Waals surface area contributed by atoms with Crippen LogP contribution in [0.15, 0.2) is 77.8 Å². The highest BCUT2D eigenvalue weighted by Gasteiger charge is 2.26. The molecule has 0 radical (unpaired) electrons. The molecule has 0 saturated heterocycles. The molecule has 0 bridgehead atoms. The average molecular weight is 401 g/mol. The van der Waals surface area contributed by atoms with E-state index in [-0.39, 0.29) is 17.4 Å². The van der Waals surface area contributed by atoms with Crippen LogP contribution in [0.4, 0.5) is 4.39 Å². The summed E-state index contributed by atoms with van der Waals surface area (Å²) in [6.07, 6.45) is 1.96. The third kappa shape index (κ3) is 4.88. The lowest BCUT2D eigenvalue weighted by Crippen LogP contribution is -2.34. The smallest absolute Gasteiger partial charge is 0.243 e. The molecule has 0 saturated carbocycles. The largest absolute Gasteiger partial charge is 0.346 e. The van der Waals surface area contributed by atoms with Crippen LogP contribution in [-0.4, -0.2) is 23.8 Å². The van der Waals surface area contributed by atoms with Gasteiger partial charge < -0.3 is 4.57 Å². The minimum Gasteiger partial charge on any atom is -0.346 e. The topological polar surface area (TPSA) is 42.3 Å². The monoisotopic (exact) mass is 400 g/mol. The van der Waals surface area contributed by atoms with Crippen LogP contribution in [0, 0.1) is 11.7 Å². The van der Waals surface area contributed by atoms with Gasteiger partial charge in [-0.2, -0.15) is 4.31 Å². The zero-order valence-electron chi connectivity index (χ0n) is 16.1. The molecular formula is C22H25FN2O2S. The van der Waals surface area contributed by atoms with Crippen molar-refractivity contribution in [2.75, 3.05) is 6.54 Å². The second kappa shape index (κ2) is 8.71. The highest BCUT2D eigenvalue weighted by molar-refractivity contribution is 7.89. The minimum absolute atomic E-state index is 0.107. The van der Waals surface area contributed by atoms with Gasteiger partial charge in [-0.05, 0) is 47.9 Å². The van der Waals surface area contributed by atoms with Crippen LogP contribution in [0.3, 0.4) is 0 Å². The van der Waals surface area contributed by atoms with Crippen molar-refractivity contribution in [3.8, 4) is 0 Å². The summed E-state index contributed by atoms with van der Waals surface area (Å²) in [6, 6.07) is 18.9. The molecule has 4 nitrogen and oxygen atoms in total. The van der Waals surface area contributed by atoms with Gasteiger partial charge in [0.1, 0.15) is 5.82 Å². The number of halogens is 1. The van der Waals surface area contributed by atoms with E-state index in [9.17, 15) is 12.8 Å². The summed E-state index contributed by atoms with van der Waals surface area (Å²) < 4.78 is 43.1. The van der Waals surface area contributed by atoms with Crippen LogP contribution >= 0.6 is 0 Å². The molecule has 0 aliphatic heterocycles. The van der Waals surface area contributed by atoms with Gasteiger partial charge in [-0.1, -0.05) is 44.2 Å². The van der Waals surface area contributed by atoms with Crippen molar-refractivity contribution in [3.05, 3.63) is 90.0 Å². The zero-order chi connectivity index (χ0) is 20.1. The number of hydrogen-bond donors (Lipinski definition) is 0. The highest BCUT2D eigenvalue weighted by Crippen LogP contribution is 2.21. The maximum Gasteiger partial charge on any atom is 0.243 e. The van der Waals surface area contributed by atoms with Crippen molar-refractivity contribution in [3.63, 3.8) is 0 Å². The van der Waals surface area contributed by atoms with Crippen molar-refractivity contribution >= 4 is 10.0 Å². The zero-order valence-corrected chi connectivity index (χ0v) is 16.9. The molecule has 3 rings (SSSR count). The summed E-state index contributed by atoms with van der Waals surface area (Å²) in [5.41, 5.74) is 2.06. The molecule has 0 N–H and O–H groups in total. The fraction of sp³-hybridized carbons (Fsp3) is 0.273. The van der Waals surface area contributed by atoms with Gasteiger partial charge in [-0.15, -0.1) is 0 Å². The first-order chi connectivity index (χ1) is 13.4. The standard InChI is InChI=1S/C22H25FN2O2S/c1-18(2)15-25(28(26,27)22-12-10-20(23)11-13-22)17-21-9-6-14-24(21)16-19-7-4-3-5-8-19/h3-14,18H,15-17H2,1-2H3. The molecule has 28 heavy (non-hydrogen) atoms. The molecule has 0 aliphatic carbocycles. The summed E-state index contributed by atoms with van der Waals surface area (Å²) in [5, 5.41) is 0. The van der Waals surface area contributed by atoms with Crippen molar-refractivity contribution in [1.29, 1.82) is 0 Å². The summed E-state index contributed by atoms with van der Waals surface area (Å²) >= 11 is 0. The van der Waals surface area contributed by atoms with Crippen LogP contribution in [0.5, 0.6) is 0 Å². The van der Waals surface area contributed by atoms with Gasteiger partial charge in [-0.3, -0.25) is 0 Å². The second-order valence-corrected chi connectivity index (χ2v) is 9.20. The molecule has 148 valence electrons. The van der Waals surface area contributed by atoms with Crippen molar-refractivity contribution in [2.45, 2.75) is 31.8 Å². The van der Waals surface area contributed by atoms with Crippen LogP contribution in [-0.2, 0) is 23.1 Å². The first-order valence-corrected chi connectivity index (χ1v) is 10.7. The van der Waals surface area contributed by atoms with E-state index < -0.39 is 15.8 Å². The van der Waals surface area contributed by atoms with E-state index in [0.717, 1.165) is 11.3 Å². The molecule has 0 unspecified atom stereocenters. The van der Waals surface area contributed by atoms with E-state index in [1.54, 1.807) is 0 Å². The molecule has 0 fully saturated rings. The highest BCUT2D eigenvalue weighted by atomic mass is 32.2. The van der Waals surface area contributed by atoms with Crippen LogP contribution < -0.4 is 0 Å². The van der Waals surface area contributed by atoms with E-state index in [4.69, 9.17) is 0 Å². The Hall–Kier alpha value is -2.44. The predicted octanol–water partition coefficient (Wildman–Crippen LogP) is 4.52. The predicted molar refractivity (Wildman–Crippen MR) is 109 cm³/mol. The first kappa shape index (κ1) is 20.3. The van der Waals surface area contributed by atoms with Gasteiger partial charge >= 0.3 is 0 Å². The first-order valence-electron chi connectivity index (χ1n) is 9.30. The number of nitrogens with zero attached hydrogens (tertiary/aromatic N) is 2. The lowest BCUT2D eigenvalue weighted by Gasteiger charge is -2.25. The SMILES string of the molecule is CC(C)CN(Cc1cccn1Cc1ccccc1)S(=O)(=O)c1ccc(F)cc1. The van der Waals surface area contributed by atoms with Crippen LogP contribution in [0.2, 0.25) is 0 Å². The average Bonchev–Trinajstić information content (AvgIpc) is 3.09. The molecule has 0 amide bonds. The van der Waals surface area contributed by atoms with Gasteiger partial charge in [0.2, 0.25) is 10.0 Å². The van der Waals surface area contributed by atoms with Gasteiger partial charge in [0.05, 0.1) is 11.4 Å². The van der Waals surface area contributed by atoms with Gasteiger partial charge in [0, 0.05) is 25.0 Å².